The van der Waals surface area contributed by atoms with E-state index in [1.165, 1.54) is 0 Å². The molecule has 0 aliphatic heterocycles. The molecule has 2 heterocycles. The van der Waals surface area contributed by atoms with Gasteiger partial charge in [0.25, 0.3) is 0 Å². The van der Waals surface area contributed by atoms with Crippen LogP contribution in [-0.4, -0.2) is 31.1 Å². The third-order valence-electron chi connectivity index (χ3n) is 3.47. The lowest BCUT2D eigenvalue weighted by atomic mass is 10.1. The molecule has 0 unspecified atom stereocenters. The number of hydrogen-bond acceptors (Lipinski definition) is 5. The molecule has 0 bridgehead atoms. The van der Waals surface area contributed by atoms with Crippen LogP contribution < -0.4 is 0 Å². The molecule has 0 spiro atoms. The molecule has 0 aliphatic rings. The highest BCUT2D eigenvalue weighted by atomic mass is 16.4. The Labute approximate surface area is 132 Å². The minimum Gasteiger partial charge on any atom is -0.481 e. The summed E-state index contributed by atoms with van der Waals surface area (Å²) in [5.74, 6) is -0.650. The molecule has 0 saturated heterocycles. The number of carboxylic acid groups (broad SMARTS) is 1. The summed E-state index contributed by atoms with van der Waals surface area (Å²) in [5, 5.41) is 17.2. The van der Waals surface area contributed by atoms with E-state index < -0.39 is 5.97 Å². The molecular formula is C16H16N4O3. The van der Waals surface area contributed by atoms with E-state index in [1.807, 2.05) is 32.0 Å². The largest absolute Gasteiger partial charge is 0.481 e. The van der Waals surface area contributed by atoms with Crippen LogP contribution in [-0.2, 0) is 11.3 Å². The molecule has 0 aliphatic carbocycles. The molecule has 0 saturated carbocycles. The van der Waals surface area contributed by atoms with Crippen LogP contribution in [0.25, 0.3) is 22.7 Å². The third kappa shape index (κ3) is 2.98. The molecule has 7 nitrogen and oxygen atoms in total. The van der Waals surface area contributed by atoms with Crippen LogP contribution in [0.1, 0.15) is 30.6 Å². The van der Waals surface area contributed by atoms with Crippen LogP contribution in [0.15, 0.2) is 28.7 Å². The third-order valence-corrected chi connectivity index (χ3v) is 3.47. The number of nitrogens with zero attached hydrogens (tertiary/aromatic N) is 4. The lowest BCUT2D eigenvalue weighted by Crippen LogP contribution is -2.02. The lowest BCUT2D eigenvalue weighted by molar-refractivity contribution is -0.135. The number of carboxylic acids is 1. The first kappa shape index (κ1) is 15.0. The average Bonchev–Trinajstić information content (AvgIpc) is 3.10. The van der Waals surface area contributed by atoms with Crippen molar-refractivity contribution in [3.05, 3.63) is 41.5 Å². The number of benzene rings is 1. The Balaban J connectivity index is 2.12. The van der Waals surface area contributed by atoms with Crippen molar-refractivity contribution in [3.63, 3.8) is 0 Å². The SMILES string of the molecule is CCn1nnc(C)c1C=C(CC(=O)O)c1nc2ccccc2o1. The summed E-state index contributed by atoms with van der Waals surface area (Å²) in [6.45, 7) is 4.41. The number of rotatable bonds is 5. The molecule has 118 valence electrons. The topological polar surface area (TPSA) is 94.0 Å². The first-order valence-corrected chi connectivity index (χ1v) is 7.27. The van der Waals surface area contributed by atoms with Crippen LogP contribution in [0.4, 0.5) is 0 Å². The van der Waals surface area contributed by atoms with E-state index in [1.54, 1.807) is 16.8 Å². The van der Waals surface area contributed by atoms with Gasteiger partial charge in [-0.2, -0.15) is 0 Å². The number of para-hydroxylation sites is 2. The lowest BCUT2D eigenvalue weighted by Gasteiger charge is -2.03. The van der Waals surface area contributed by atoms with Gasteiger partial charge in [0, 0.05) is 12.1 Å². The molecule has 0 fully saturated rings. The van der Waals surface area contributed by atoms with E-state index in [4.69, 9.17) is 4.42 Å². The maximum atomic E-state index is 11.2. The van der Waals surface area contributed by atoms with Crippen LogP contribution >= 0.6 is 0 Å². The standard InChI is InChI=1S/C16H16N4O3/c1-3-20-13(10(2)18-19-20)8-11(9-15(21)22)16-17-12-6-4-5-7-14(12)23-16/h4-8H,3,9H2,1-2H3,(H,21,22). The van der Waals surface area contributed by atoms with Gasteiger partial charge in [0.2, 0.25) is 5.89 Å². The minimum absolute atomic E-state index is 0.193. The Morgan fingerprint density at radius 1 is 1.39 bits per heavy atom. The number of oxazole rings is 1. The van der Waals surface area contributed by atoms with Crippen molar-refractivity contribution >= 4 is 28.7 Å². The molecule has 7 heteroatoms. The summed E-state index contributed by atoms with van der Waals surface area (Å²) in [5.41, 5.74) is 3.28. The van der Waals surface area contributed by atoms with Crippen molar-refractivity contribution in [2.24, 2.45) is 0 Å². The van der Waals surface area contributed by atoms with Crippen molar-refractivity contribution in [2.75, 3.05) is 0 Å². The zero-order chi connectivity index (χ0) is 16.4. The van der Waals surface area contributed by atoms with E-state index in [9.17, 15) is 9.90 Å². The van der Waals surface area contributed by atoms with Gasteiger partial charge in [0.15, 0.2) is 5.58 Å². The molecule has 1 aromatic carbocycles. The van der Waals surface area contributed by atoms with Crippen molar-refractivity contribution in [3.8, 4) is 0 Å². The van der Waals surface area contributed by atoms with Crippen molar-refractivity contribution < 1.29 is 14.3 Å². The van der Waals surface area contributed by atoms with Gasteiger partial charge < -0.3 is 9.52 Å². The number of aryl methyl sites for hydroxylation is 2. The first-order chi connectivity index (χ1) is 11.1. The van der Waals surface area contributed by atoms with Gasteiger partial charge in [0.1, 0.15) is 5.52 Å². The average molecular weight is 312 g/mol. The summed E-state index contributed by atoms with van der Waals surface area (Å²) in [4.78, 5) is 15.6. The van der Waals surface area contributed by atoms with Crippen LogP contribution in [0.5, 0.6) is 0 Å². The van der Waals surface area contributed by atoms with Crippen molar-refractivity contribution in [1.82, 2.24) is 20.0 Å². The molecule has 0 atom stereocenters. The van der Waals surface area contributed by atoms with Crippen molar-refractivity contribution in [1.29, 1.82) is 0 Å². The highest BCUT2D eigenvalue weighted by Gasteiger charge is 2.16. The summed E-state index contributed by atoms with van der Waals surface area (Å²) < 4.78 is 7.41. The molecule has 0 radical (unpaired) electrons. The predicted molar refractivity (Wildman–Crippen MR) is 84.6 cm³/mol. The van der Waals surface area contributed by atoms with E-state index in [0.29, 0.717) is 29.1 Å². The van der Waals surface area contributed by atoms with Gasteiger partial charge in [0.05, 0.1) is 17.8 Å². The van der Waals surface area contributed by atoms with Crippen LogP contribution in [0.2, 0.25) is 0 Å². The Morgan fingerprint density at radius 2 is 2.17 bits per heavy atom. The second kappa shape index (κ2) is 6.04. The maximum absolute atomic E-state index is 11.2. The second-order valence-electron chi connectivity index (χ2n) is 5.10. The monoisotopic (exact) mass is 312 g/mol. The van der Waals surface area contributed by atoms with Gasteiger partial charge >= 0.3 is 5.97 Å². The van der Waals surface area contributed by atoms with Gasteiger partial charge in [-0.15, -0.1) is 5.10 Å². The van der Waals surface area contributed by atoms with Crippen molar-refractivity contribution in [2.45, 2.75) is 26.8 Å². The maximum Gasteiger partial charge on any atom is 0.308 e. The number of aromatic nitrogens is 4. The zero-order valence-electron chi connectivity index (χ0n) is 12.9. The number of hydrogen-bond donors (Lipinski definition) is 1. The first-order valence-electron chi connectivity index (χ1n) is 7.27. The fourth-order valence-corrected chi connectivity index (χ4v) is 2.35. The summed E-state index contributed by atoms with van der Waals surface area (Å²) in [7, 11) is 0. The van der Waals surface area contributed by atoms with Crippen LogP contribution in [0.3, 0.4) is 0 Å². The van der Waals surface area contributed by atoms with E-state index >= 15 is 0 Å². The highest BCUT2D eigenvalue weighted by Crippen LogP contribution is 2.25. The fourth-order valence-electron chi connectivity index (χ4n) is 2.35. The molecule has 1 N–H and O–H groups in total. The number of aliphatic carboxylic acids is 1. The predicted octanol–water partition coefficient (Wildman–Crippen LogP) is 2.76. The summed E-state index contributed by atoms with van der Waals surface area (Å²) in [6, 6.07) is 7.32. The van der Waals surface area contributed by atoms with Crippen LogP contribution in [0, 0.1) is 6.92 Å². The Morgan fingerprint density at radius 3 is 2.87 bits per heavy atom. The fraction of sp³-hybridized carbons (Fsp3) is 0.250. The van der Waals surface area contributed by atoms with Gasteiger partial charge in [-0.1, -0.05) is 17.3 Å². The smallest absolute Gasteiger partial charge is 0.308 e. The summed E-state index contributed by atoms with van der Waals surface area (Å²) in [6.07, 6.45) is 1.54. The molecule has 0 amide bonds. The Hall–Kier alpha value is -2.96. The van der Waals surface area contributed by atoms with E-state index in [-0.39, 0.29) is 6.42 Å². The Bertz CT molecular complexity index is 859. The molecule has 2 aromatic heterocycles. The zero-order valence-corrected chi connectivity index (χ0v) is 12.9. The normalized spacial score (nSPS) is 12.0. The summed E-state index contributed by atoms with van der Waals surface area (Å²) >= 11 is 0. The van der Waals surface area contributed by atoms with E-state index in [0.717, 1.165) is 11.4 Å². The number of carbonyl (C=O) groups is 1. The minimum atomic E-state index is -0.952. The molecule has 3 aromatic rings. The van der Waals surface area contributed by atoms with E-state index in [2.05, 4.69) is 15.3 Å². The molecule has 23 heavy (non-hydrogen) atoms. The molecular weight excluding hydrogens is 296 g/mol. The Kier molecular flexibility index (Phi) is 3.92. The van der Waals surface area contributed by atoms with Gasteiger partial charge in [-0.05, 0) is 32.1 Å². The number of fused-ring (bicyclic) bond motifs is 1. The van der Waals surface area contributed by atoms with Gasteiger partial charge in [-0.25, -0.2) is 9.67 Å². The van der Waals surface area contributed by atoms with Gasteiger partial charge in [-0.3, -0.25) is 4.79 Å². The molecule has 3 rings (SSSR count). The second-order valence-corrected chi connectivity index (χ2v) is 5.10. The quantitative estimate of drug-likeness (QED) is 0.778. The highest BCUT2D eigenvalue weighted by molar-refractivity contribution is 5.90.